The van der Waals surface area contributed by atoms with Gasteiger partial charge in [-0.1, -0.05) is 13.8 Å². The van der Waals surface area contributed by atoms with Gasteiger partial charge in [0.15, 0.2) is 11.4 Å². The molecular formula is C27H35N3O6. The third-order valence-corrected chi connectivity index (χ3v) is 7.78. The van der Waals surface area contributed by atoms with Gasteiger partial charge in [-0.15, -0.1) is 0 Å². The summed E-state index contributed by atoms with van der Waals surface area (Å²) in [6.07, 6.45) is 0.421. The Morgan fingerprint density at radius 3 is 2.50 bits per heavy atom. The maximum absolute atomic E-state index is 14.0. The highest BCUT2D eigenvalue weighted by atomic mass is 16.3. The fourth-order valence-electron chi connectivity index (χ4n) is 5.99. The minimum absolute atomic E-state index is 0.0000871. The van der Waals surface area contributed by atoms with E-state index in [2.05, 4.69) is 25.2 Å². The number of primary amides is 1. The van der Waals surface area contributed by atoms with Crippen LogP contribution in [0.25, 0.3) is 0 Å². The SMILES string of the molecule is Cc1c(CNCC(C)C)cc(N(C)C)c2c1C(=O)C1=C(O)[C@]3(O)C(=O)C(C(N)=O)=C(O)C[C@@H]3C[C@@H]1C2. The number of nitrogens with one attached hydrogen (secondary N) is 1. The molecule has 36 heavy (non-hydrogen) atoms. The number of carbonyl (C=O) groups is 3. The summed E-state index contributed by atoms with van der Waals surface area (Å²) in [6.45, 7) is 7.48. The molecule has 3 aliphatic rings. The number of hydrogen-bond acceptors (Lipinski definition) is 8. The predicted molar refractivity (Wildman–Crippen MR) is 135 cm³/mol. The van der Waals surface area contributed by atoms with Crippen LogP contribution in [0.2, 0.25) is 0 Å². The summed E-state index contributed by atoms with van der Waals surface area (Å²) < 4.78 is 0. The van der Waals surface area contributed by atoms with Gasteiger partial charge < -0.3 is 31.3 Å². The van der Waals surface area contributed by atoms with Crippen LogP contribution in [0.15, 0.2) is 28.7 Å². The van der Waals surface area contributed by atoms with E-state index < -0.39 is 52.0 Å². The number of anilines is 1. The highest BCUT2D eigenvalue weighted by Crippen LogP contribution is 2.51. The number of hydrogen-bond donors (Lipinski definition) is 5. The number of Topliss-reactive ketones (excluding diaryl/α,β-unsaturated/α-hetero) is 2. The average molecular weight is 498 g/mol. The Hall–Kier alpha value is -3.17. The second kappa shape index (κ2) is 9.05. The Kier molecular flexibility index (Phi) is 6.51. The first-order valence-electron chi connectivity index (χ1n) is 12.3. The molecule has 9 nitrogen and oxygen atoms in total. The molecule has 3 atom stereocenters. The van der Waals surface area contributed by atoms with Gasteiger partial charge in [0.1, 0.15) is 17.1 Å². The topological polar surface area (TPSA) is 153 Å². The zero-order valence-corrected chi connectivity index (χ0v) is 21.4. The first-order valence-corrected chi connectivity index (χ1v) is 12.3. The van der Waals surface area contributed by atoms with Gasteiger partial charge in [0.05, 0.1) is 0 Å². The molecule has 0 spiro atoms. The van der Waals surface area contributed by atoms with Gasteiger partial charge in [-0.25, -0.2) is 0 Å². The van der Waals surface area contributed by atoms with Crippen LogP contribution in [-0.2, 0) is 22.6 Å². The van der Waals surface area contributed by atoms with Crippen molar-refractivity contribution >= 4 is 23.2 Å². The van der Waals surface area contributed by atoms with E-state index in [1.807, 2.05) is 25.9 Å². The Labute approximate surface area is 210 Å². The lowest BCUT2D eigenvalue weighted by Crippen LogP contribution is -2.57. The highest BCUT2D eigenvalue weighted by Gasteiger charge is 2.59. The summed E-state index contributed by atoms with van der Waals surface area (Å²) in [6, 6.07) is 2.08. The maximum Gasteiger partial charge on any atom is 0.255 e. The molecule has 1 aromatic rings. The number of benzene rings is 1. The third-order valence-electron chi connectivity index (χ3n) is 7.78. The second-order valence-corrected chi connectivity index (χ2v) is 10.9. The third kappa shape index (κ3) is 3.81. The Balaban J connectivity index is 1.86. The lowest BCUT2D eigenvalue weighted by molar-refractivity contribution is -0.144. The zero-order valence-electron chi connectivity index (χ0n) is 21.4. The van der Waals surface area contributed by atoms with Crippen molar-refractivity contribution in [1.82, 2.24) is 5.32 Å². The van der Waals surface area contributed by atoms with E-state index in [9.17, 15) is 29.7 Å². The maximum atomic E-state index is 14.0. The van der Waals surface area contributed by atoms with Gasteiger partial charge in [-0.05, 0) is 60.9 Å². The molecule has 194 valence electrons. The minimum atomic E-state index is -2.48. The van der Waals surface area contributed by atoms with Crippen LogP contribution in [-0.4, -0.2) is 59.0 Å². The summed E-state index contributed by atoms with van der Waals surface area (Å²) in [5.41, 5.74) is 6.04. The van der Waals surface area contributed by atoms with E-state index in [4.69, 9.17) is 5.73 Å². The van der Waals surface area contributed by atoms with Crippen LogP contribution < -0.4 is 16.0 Å². The molecule has 0 fully saturated rings. The molecule has 1 amide bonds. The van der Waals surface area contributed by atoms with E-state index in [0.29, 0.717) is 24.4 Å². The van der Waals surface area contributed by atoms with Gasteiger partial charge in [0.25, 0.3) is 5.91 Å². The molecule has 1 aromatic carbocycles. The molecule has 9 heteroatoms. The highest BCUT2D eigenvalue weighted by molar-refractivity contribution is 6.24. The molecule has 0 aromatic heterocycles. The number of aliphatic hydroxyl groups excluding tert-OH is 2. The number of nitrogens with zero attached hydrogens (tertiary/aromatic N) is 1. The van der Waals surface area contributed by atoms with Crippen molar-refractivity contribution < 1.29 is 29.7 Å². The van der Waals surface area contributed by atoms with Crippen molar-refractivity contribution in [3.8, 4) is 0 Å². The van der Waals surface area contributed by atoms with Crippen molar-refractivity contribution in [2.24, 2.45) is 23.5 Å². The summed E-state index contributed by atoms with van der Waals surface area (Å²) in [4.78, 5) is 40.9. The minimum Gasteiger partial charge on any atom is -0.511 e. The number of allylic oxidation sites excluding steroid dienone is 2. The summed E-state index contributed by atoms with van der Waals surface area (Å²) in [7, 11) is 3.83. The van der Waals surface area contributed by atoms with Crippen LogP contribution in [0.3, 0.4) is 0 Å². The molecule has 0 heterocycles. The average Bonchev–Trinajstić information content (AvgIpc) is 2.77. The van der Waals surface area contributed by atoms with Crippen LogP contribution in [0.1, 0.15) is 53.7 Å². The van der Waals surface area contributed by atoms with E-state index >= 15 is 0 Å². The van der Waals surface area contributed by atoms with Gasteiger partial charge in [-0.2, -0.15) is 0 Å². The Morgan fingerprint density at radius 1 is 1.25 bits per heavy atom. The van der Waals surface area contributed by atoms with Crippen molar-refractivity contribution in [3.63, 3.8) is 0 Å². The van der Waals surface area contributed by atoms with Crippen LogP contribution in [0.5, 0.6) is 0 Å². The van der Waals surface area contributed by atoms with Crippen LogP contribution >= 0.6 is 0 Å². The molecule has 4 rings (SSSR count). The van der Waals surface area contributed by atoms with Crippen molar-refractivity contribution in [2.75, 3.05) is 25.5 Å². The monoisotopic (exact) mass is 497 g/mol. The summed E-state index contributed by atoms with van der Waals surface area (Å²) >= 11 is 0. The molecule has 0 unspecified atom stereocenters. The van der Waals surface area contributed by atoms with Crippen molar-refractivity contribution in [3.05, 3.63) is 51.0 Å². The normalized spacial score (nSPS) is 25.6. The lowest BCUT2D eigenvalue weighted by atomic mass is 9.60. The molecule has 0 saturated heterocycles. The van der Waals surface area contributed by atoms with Crippen LogP contribution in [0, 0.1) is 24.7 Å². The molecule has 0 saturated carbocycles. The van der Waals surface area contributed by atoms with Gasteiger partial charge >= 0.3 is 0 Å². The van der Waals surface area contributed by atoms with E-state index in [-0.39, 0.29) is 18.4 Å². The molecular weight excluding hydrogens is 462 g/mol. The molecule has 0 bridgehead atoms. The van der Waals surface area contributed by atoms with Crippen molar-refractivity contribution in [2.45, 2.75) is 52.2 Å². The first kappa shape index (κ1) is 25.9. The number of rotatable bonds is 6. The van der Waals surface area contributed by atoms with E-state index in [1.165, 1.54) is 0 Å². The van der Waals surface area contributed by atoms with Gasteiger partial charge in [-0.3, -0.25) is 14.4 Å². The standard InChI is InChI=1S/C27H35N3O6/c1-12(2)10-29-11-15-8-18(30(4)5)17-7-14-6-16-9-19(31)22(26(28)35)25(34)27(16,36)24(33)21(14)23(32)20(17)13(15)3/h8,12,14,16,29,31,33,36H,6-7,9-11H2,1-5H3,(H2,28,35)/t14-,16+,27+/m1/s1. The lowest BCUT2D eigenvalue weighted by Gasteiger charge is -2.46. The van der Waals surface area contributed by atoms with Crippen LogP contribution in [0.4, 0.5) is 5.69 Å². The zero-order chi connectivity index (χ0) is 26.7. The number of aliphatic hydroxyl groups is 3. The Morgan fingerprint density at radius 2 is 1.92 bits per heavy atom. The predicted octanol–water partition coefficient (Wildman–Crippen LogP) is 1.99. The number of carbonyl (C=O) groups excluding carboxylic acids is 3. The van der Waals surface area contributed by atoms with Gasteiger partial charge in [0, 0.05) is 49.8 Å². The fraction of sp³-hybridized carbons (Fsp3) is 0.519. The number of amides is 1. The first-order chi connectivity index (χ1) is 16.8. The Bertz CT molecular complexity index is 1230. The van der Waals surface area contributed by atoms with Gasteiger partial charge in [0.2, 0.25) is 5.78 Å². The summed E-state index contributed by atoms with van der Waals surface area (Å²) in [5.74, 6) is -4.88. The van der Waals surface area contributed by atoms with E-state index in [1.54, 1.807) is 0 Å². The largest absolute Gasteiger partial charge is 0.511 e. The fourth-order valence-corrected chi connectivity index (χ4v) is 5.99. The summed E-state index contributed by atoms with van der Waals surface area (Å²) in [5, 5.41) is 36.4. The quantitative estimate of drug-likeness (QED) is 0.374. The van der Waals surface area contributed by atoms with Crippen molar-refractivity contribution in [1.29, 1.82) is 0 Å². The number of ketones is 2. The number of fused-ring (bicyclic) bond motifs is 3. The molecule has 3 aliphatic carbocycles. The molecule has 0 aliphatic heterocycles. The van der Waals surface area contributed by atoms with E-state index in [0.717, 1.165) is 28.9 Å². The number of nitrogens with two attached hydrogens (primary N) is 1. The molecule has 6 N–H and O–H groups in total. The smallest absolute Gasteiger partial charge is 0.255 e. The second-order valence-electron chi connectivity index (χ2n) is 10.9. The molecule has 0 radical (unpaired) electrons.